The van der Waals surface area contributed by atoms with Crippen LogP contribution in [0.25, 0.3) is 0 Å². The van der Waals surface area contributed by atoms with Crippen molar-refractivity contribution in [2.24, 2.45) is 0 Å². The molecule has 0 heterocycles. The molecule has 0 aliphatic rings. The lowest BCUT2D eigenvalue weighted by Crippen LogP contribution is -2.12. The summed E-state index contributed by atoms with van der Waals surface area (Å²) < 4.78 is 0. The van der Waals surface area contributed by atoms with Crippen molar-refractivity contribution in [3.05, 3.63) is 68.7 Å². The summed E-state index contributed by atoms with van der Waals surface area (Å²) >= 11 is 5.81. The van der Waals surface area contributed by atoms with Crippen LogP contribution in [0.2, 0.25) is 5.02 Å². The number of amides is 1. The second kappa shape index (κ2) is 5.71. The first kappa shape index (κ1) is 14.0. The van der Waals surface area contributed by atoms with Crippen molar-refractivity contribution in [3.8, 4) is 0 Å². The zero-order valence-electron chi connectivity index (χ0n) is 10.6. The number of rotatable bonds is 3. The Hall–Kier alpha value is -2.40. The van der Waals surface area contributed by atoms with Gasteiger partial charge < -0.3 is 5.32 Å². The number of halogens is 1. The van der Waals surface area contributed by atoms with Crippen LogP contribution in [0.1, 0.15) is 15.9 Å². The summed E-state index contributed by atoms with van der Waals surface area (Å²) in [6.07, 6.45) is 0. The summed E-state index contributed by atoms with van der Waals surface area (Å²) in [7, 11) is 0. The van der Waals surface area contributed by atoms with E-state index in [-0.39, 0.29) is 11.6 Å². The first-order chi connectivity index (χ1) is 9.47. The van der Waals surface area contributed by atoms with Crippen molar-refractivity contribution in [2.45, 2.75) is 6.92 Å². The number of carbonyl (C=O) groups is 1. The van der Waals surface area contributed by atoms with E-state index in [2.05, 4.69) is 5.32 Å². The highest BCUT2D eigenvalue weighted by Gasteiger charge is 2.13. The third-order valence-corrected chi connectivity index (χ3v) is 2.99. The second-order valence-electron chi connectivity index (χ2n) is 4.22. The minimum absolute atomic E-state index is 0.0334. The van der Waals surface area contributed by atoms with Gasteiger partial charge in [0.15, 0.2) is 0 Å². The average Bonchev–Trinajstić information content (AvgIpc) is 2.40. The topological polar surface area (TPSA) is 72.2 Å². The molecule has 2 aromatic rings. The molecule has 0 fully saturated rings. The lowest BCUT2D eigenvalue weighted by Gasteiger charge is -2.06. The Labute approximate surface area is 120 Å². The fourth-order valence-electron chi connectivity index (χ4n) is 1.72. The summed E-state index contributed by atoms with van der Waals surface area (Å²) in [6, 6.07) is 11.0. The minimum atomic E-state index is -0.482. The number of aryl methyl sites for hydroxylation is 1. The van der Waals surface area contributed by atoms with Gasteiger partial charge in [-0.1, -0.05) is 23.7 Å². The van der Waals surface area contributed by atoms with Crippen LogP contribution in [0.15, 0.2) is 42.5 Å². The highest BCUT2D eigenvalue weighted by atomic mass is 35.5. The van der Waals surface area contributed by atoms with E-state index in [1.807, 2.05) is 0 Å². The lowest BCUT2D eigenvalue weighted by molar-refractivity contribution is -0.385. The number of nitro benzene ring substituents is 1. The van der Waals surface area contributed by atoms with Gasteiger partial charge in [-0.3, -0.25) is 14.9 Å². The van der Waals surface area contributed by atoms with Gasteiger partial charge in [-0.15, -0.1) is 0 Å². The smallest absolute Gasteiger partial charge is 0.274 e. The highest BCUT2D eigenvalue weighted by Crippen LogP contribution is 2.23. The quantitative estimate of drug-likeness (QED) is 0.690. The molecule has 0 atom stereocenters. The van der Waals surface area contributed by atoms with E-state index in [4.69, 9.17) is 11.6 Å². The molecule has 1 amide bonds. The van der Waals surface area contributed by atoms with E-state index >= 15 is 0 Å². The molecule has 2 rings (SSSR count). The Kier molecular flexibility index (Phi) is 4.00. The second-order valence-corrected chi connectivity index (χ2v) is 4.66. The van der Waals surface area contributed by atoms with Gasteiger partial charge >= 0.3 is 0 Å². The van der Waals surface area contributed by atoms with E-state index in [9.17, 15) is 14.9 Å². The summed E-state index contributed by atoms with van der Waals surface area (Å²) in [5.74, 6) is -0.370. The number of hydrogen-bond donors (Lipinski definition) is 1. The standard InChI is InChI=1S/C14H11ClN2O3/c1-9-5-6-12(8-13(9)17(19)20)16-14(18)10-3-2-4-11(15)7-10/h2-8H,1H3,(H,16,18). The minimum Gasteiger partial charge on any atom is -0.322 e. The Morgan fingerprint density at radius 1 is 1.25 bits per heavy atom. The Morgan fingerprint density at radius 3 is 2.65 bits per heavy atom. The molecule has 5 nitrogen and oxygen atoms in total. The molecule has 1 N–H and O–H groups in total. The summed E-state index contributed by atoms with van der Waals surface area (Å²) in [4.78, 5) is 22.4. The number of nitrogens with zero attached hydrogens (tertiary/aromatic N) is 1. The van der Waals surface area contributed by atoms with Gasteiger partial charge in [0.1, 0.15) is 0 Å². The van der Waals surface area contributed by atoms with Crippen LogP contribution in [0.3, 0.4) is 0 Å². The molecule has 0 aliphatic heterocycles. The Morgan fingerprint density at radius 2 is 2.00 bits per heavy atom. The van der Waals surface area contributed by atoms with Crippen molar-refractivity contribution < 1.29 is 9.72 Å². The maximum atomic E-state index is 12.0. The van der Waals surface area contributed by atoms with Crippen LogP contribution < -0.4 is 5.32 Å². The predicted molar refractivity (Wildman–Crippen MR) is 77.2 cm³/mol. The van der Waals surface area contributed by atoms with Crippen LogP contribution in [-0.4, -0.2) is 10.8 Å². The molecule has 0 saturated carbocycles. The number of nitro groups is 1. The molecule has 0 aromatic heterocycles. The van der Waals surface area contributed by atoms with Crippen LogP contribution in [-0.2, 0) is 0 Å². The van der Waals surface area contributed by atoms with Crippen LogP contribution in [0.5, 0.6) is 0 Å². The Bertz CT molecular complexity index is 686. The maximum Gasteiger partial charge on any atom is 0.274 e. The van der Waals surface area contributed by atoms with Crippen molar-refractivity contribution in [1.82, 2.24) is 0 Å². The van der Waals surface area contributed by atoms with Gasteiger partial charge in [0.25, 0.3) is 11.6 Å². The lowest BCUT2D eigenvalue weighted by atomic mass is 10.1. The number of carbonyl (C=O) groups excluding carboxylic acids is 1. The van der Waals surface area contributed by atoms with Gasteiger partial charge in [0, 0.05) is 27.9 Å². The van der Waals surface area contributed by atoms with Crippen molar-refractivity contribution >= 4 is 28.9 Å². The zero-order valence-corrected chi connectivity index (χ0v) is 11.3. The molecule has 0 saturated heterocycles. The van der Waals surface area contributed by atoms with E-state index < -0.39 is 4.92 Å². The first-order valence-corrected chi connectivity index (χ1v) is 6.17. The molecule has 0 aliphatic carbocycles. The fraction of sp³-hybridized carbons (Fsp3) is 0.0714. The molecule has 2 aromatic carbocycles. The maximum absolute atomic E-state index is 12.0. The van der Waals surface area contributed by atoms with E-state index in [1.54, 1.807) is 37.3 Å². The van der Waals surface area contributed by atoms with Gasteiger partial charge in [-0.05, 0) is 31.2 Å². The average molecular weight is 291 g/mol. The first-order valence-electron chi connectivity index (χ1n) is 5.79. The van der Waals surface area contributed by atoms with Crippen LogP contribution in [0, 0.1) is 17.0 Å². The number of anilines is 1. The van der Waals surface area contributed by atoms with E-state index in [0.29, 0.717) is 21.8 Å². The van der Waals surface area contributed by atoms with E-state index in [1.165, 1.54) is 12.1 Å². The molecular weight excluding hydrogens is 280 g/mol. The Balaban J connectivity index is 2.24. The van der Waals surface area contributed by atoms with Gasteiger partial charge in [-0.25, -0.2) is 0 Å². The number of nitrogens with one attached hydrogen (secondary N) is 1. The highest BCUT2D eigenvalue weighted by molar-refractivity contribution is 6.31. The van der Waals surface area contributed by atoms with Crippen molar-refractivity contribution in [2.75, 3.05) is 5.32 Å². The van der Waals surface area contributed by atoms with Gasteiger partial charge in [0.05, 0.1) is 4.92 Å². The molecular formula is C14H11ClN2O3. The summed E-state index contributed by atoms with van der Waals surface area (Å²) in [5, 5.41) is 13.9. The normalized spacial score (nSPS) is 10.1. The third kappa shape index (κ3) is 3.13. The molecule has 6 heteroatoms. The van der Waals surface area contributed by atoms with Crippen LogP contribution in [0.4, 0.5) is 11.4 Å². The third-order valence-electron chi connectivity index (χ3n) is 2.75. The largest absolute Gasteiger partial charge is 0.322 e. The van der Waals surface area contributed by atoms with Crippen LogP contribution >= 0.6 is 11.6 Å². The molecule has 0 unspecified atom stereocenters. The molecule has 102 valence electrons. The number of hydrogen-bond acceptors (Lipinski definition) is 3. The number of benzene rings is 2. The predicted octanol–water partition coefficient (Wildman–Crippen LogP) is 3.81. The SMILES string of the molecule is Cc1ccc(NC(=O)c2cccc(Cl)c2)cc1[N+](=O)[O-]. The van der Waals surface area contributed by atoms with Gasteiger partial charge in [0.2, 0.25) is 0 Å². The fourth-order valence-corrected chi connectivity index (χ4v) is 1.91. The van der Waals surface area contributed by atoms with Crippen molar-refractivity contribution in [3.63, 3.8) is 0 Å². The molecule has 0 bridgehead atoms. The summed E-state index contributed by atoms with van der Waals surface area (Å²) in [5.41, 5.74) is 1.26. The monoisotopic (exact) mass is 290 g/mol. The van der Waals surface area contributed by atoms with E-state index in [0.717, 1.165) is 0 Å². The zero-order chi connectivity index (χ0) is 14.7. The van der Waals surface area contributed by atoms with Crippen molar-refractivity contribution in [1.29, 1.82) is 0 Å². The van der Waals surface area contributed by atoms with Gasteiger partial charge in [-0.2, -0.15) is 0 Å². The molecule has 20 heavy (non-hydrogen) atoms. The molecule has 0 radical (unpaired) electrons. The summed E-state index contributed by atoms with van der Waals surface area (Å²) in [6.45, 7) is 1.64. The molecule has 0 spiro atoms.